The molecule has 0 spiro atoms. The van der Waals surface area contributed by atoms with Crippen molar-refractivity contribution < 1.29 is 4.39 Å². The van der Waals surface area contributed by atoms with Gasteiger partial charge >= 0.3 is 0 Å². The van der Waals surface area contributed by atoms with Crippen LogP contribution in [0.5, 0.6) is 0 Å². The van der Waals surface area contributed by atoms with E-state index >= 15 is 0 Å². The van der Waals surface area contributed by atoms with Crippen LogP contribution < -0.4 is 11.3 Å². The predicted octanol–water partition coefficient (Wildman–Crippen LogP) is 4.32. The molecule has 112 valence electrons. The van der Waals surface area contributed by atoms with Crippen LogP contribution in [0.15, 0.2) is 22.7 Å². The van der Waals surface area contributed by atoms with Crippen LogP contribution in [0, 0.1) is 11.7 Å². The summed E-state index contributed by atoms with van der Waals surface area (Å²) in [5.41, 5.74) is 3.62. The monoisotopic (exact) mass is 342 g/mol. The Balaban J connectivity index is 1.95. The summed E-state index contributed by atoms with van der Waals surface area (Å²) in [6, 6.07) is 5.25. The molecule has 0 aliphatic heterocycles. The number of hydrazine groups is 1. The zero-order valence-corrected chi connectivity index (χ0v) is 13.5. The number of nitrogens with two attached hydrogens (primary N) is 1. The van der Waals surface area contributed by atoms with E-state index in [9.17, 15) is 4.39 Å². The third-order valence-corrected chi connectivity index (χ3v) is 4.80. The van der Waals surface area contributed by atoms with Crippen LogP contribution >= 0.6 is 15.9 Å². The van der Waals surface area contributed by atoms with Crippen molar-refractivity contribution in [2.45, 2.75) is 57.4 Å². The van der Waals surface area contributed by atoms with Crippen molar-refractivity contribution in [2.24, 2.45) is 11.8 Å². The Kier molecular flexibility index (Phi) is 6.46. The van der Waals surface area contributed by atoms with Crippen LogP contribution in [-0.4, -0.2) is 6.04 Å². The van der Waals surface area contributed by atoms with E-state index in [2.05, 4.69) is 21.4 Å². The Bertz CT molecular complexity index is 417. The van der Waals surface area contributed by atoms with Crippen molar-refractivity contribution in [3.63, 3.8) is 0 Å². The molecular weight excluding hydrogens is 319 g/mol. The van der Waals surface area contributed by atoms with Crippen LogP contribution in [-0.2, 0) is 6.42 Å². The van der Waals surface area contributed by atoms with Gasteiger partial charge < -0.3 is 0 Å². The quantitative estimate of drug-likeness (QED) is 0.475. The van der Waals surface area contributed by atoms with Gasteiger partial charge in [0.15, 0.2) is 0 Å². The number of nitrogens with one attached hydrogen (secondary N) is 1. The topological polar surface area (TPSA) is 38.0 Å². The smallest absolute Gasteiger partial charge is 0.126 e. The minimum Gasteiger partial charge on any atom is -0.271 e. The van der Waals surface area contributed by atoms with Crippen LogP contribution in [0.25, 0.3) is 0 Å². The molecule has 0 saturated heterocycles. The molecule has 1 aromatic carbocycles. The van der Waals surface area contributed by atoms with Gasteiger partial charge in [0.1, 0.15) is 5.82 Å². The number of hydrogen-bond acceptors (Lipinski definition) is 2. The molecule has 1 unspecified atom stereocenters. The van der Waals surface area contributed by atoms with E-state index in [1.807, 2.05) is 6.07 Å². The second-order valence-corrected chi connectivity index (χ2v) is 6.81. The molecule has 2 nitrogen and oxygen atoms in total. The van der Waals surface area contributed by atoms with Gasteiger partial charge in [0, 0.05) is 10.5 Å². The van der Waals surface area contributed by atoms with E-state index < -0.39 is 0 Å². The van der Waals surface area contributed by atoms with Gasteiger partial charge in [-0.1, -0.05) is 54.5 Å². The fourth-order valence-electron chi connectivity index (χ4n) is 3.18. The molecule has 1 aromatic rings. The van der Waals surface area contributed by atoms with Gasteiger partial charge in [0.2, 0.25) is 0 Å². The molecule has 1 aliphatic rings. The van der Waals surface area contributed by atoms with Crippen molar-refractivity contribution in [1.29, 1.82) is 0 Å². The van der Waals surface area contributed by atoms with E-state index in [1.165, 1.54) is 44.6 Å². The molecule has 1 aliphatic carbocycles. The Hall–Kier alpha value is -0.450. The molecular formula is C16H24BrFN2. The maximum atomic E-state index is 13.8. The van der Waals surface area contributed by atoms with Gasteiger partial charge in [0.25, 0.3) is 0 Å². The first-order valence-corrected chi connectivity index (χ1v) is 8.38. The lowest BCUT2D eigenvalue weighted by molar-refractivity contribution is 0.350. The van der Waals surface area contributed by atoms with E-state index in [0.29, 0.717) is 6.42 Å². The molecule has 2 rings (SSSR count). The van der Waals surface area contributed by atoms with Gasteiger partial charge in [-0.3, -0.25) is 11.3 Å². The third-order valence-electron chi connectivity index (χ3n) is 4.30. The van der Waals surface area contributed by atoms with Gasteiger partial charge in [-0.25, -0.2) is 4.39 Å². The van der Waals surface area contributed by atoms with Crippen molar-refractivity contribution in [3.8, 4) is 0 Å². The minimum atomic E-state index is -0.144. The molecule has 1 saturated carbocycles. The van der Waals surface area contributed by atoms with Crippen molar-refractivity contribution in [2.75, 3.05) is 0 Å². The normalized spacial score (nSPS) is 18.8. The third kappa shape index (κ3) is 4.83. The lowest BCUT2D eigenvalue weighted by Crippen LogP contribution is -2.38. The van der Waals surface area contributed by atoms with Crippen molar-refractivity contribution in [1.82, 2.24) is 5.43 Å². The highest BCUT2D eigenvalue weighted by Crippen LogP contribution is 2.27. The lowest BCUT2D eigenvalue weighted by atomic mass is 9.90. The van der Waals surface area contributed by atoms with Crippen LogP contribution in [0.1, 0.15) is 50.5 Å². The van der Waals surface area contributed by atoms with E-state index in [4.69, 9.17) is 5.84 Å². The second kappa shape index (κ2) is 8.11. The summed E-state index contributed by atoms with van der Waals surface area (Å²) in [5.74, 6) is 6.27. The molecule has 1 atom stereocenters. The molecule has 1 fully saturated rings. The van der Waals surface area contributed by atoms with E-state index in [1.54, 1.807) is 6.07 Å². The predicted molar refractivity (Wildman–Crippen MR) is 84.7 cm³/mol. The van der Waals surface area contributed by atoms with E-state index in [-0.39, 0.29) is 11.9 Å². The lowest BCUT2D eigenvalue weighted by Gasteiger charge is -2.22. The molecule has 0 bridgehead atoms. The first-order chi connectivity index (χ1) is 9.69. The Labute approximate surface area is 129 Å². The summed E-state index contributed by atoms with van der Waals surface area (Å²) >= 11 is 3.40. The summed E-state index contributed by atoms with van der Waals surface area (Å²) in [7, 11) is 0. The van der Waals surface area contributed by atoms with Gasteiger partial charge in [-0.05, 0) is 42.5 Å². The van der Waals surface area contributed by atoms with Crippen molar-refractivity contribution >= 4 is 15.9 Å². The van der Waals surface area contributed by atoms with Crippen LogP contribution in [0.4, 0.5) is 4.39 Å². The maximum absolute atomic E-state index is 13.8. The minimum absolute atomic E-state index is 0.144. The average Bonchev–Trinajstić information content (AvgIpc) is 2.70. The molecule has 4 heteroatoms. The zero-order chi connectivity index (χ0) is 14.4. The Morgan fingerprint density at radius 3 is 2.60 bits per heavy atom. The first kappa shape index (κ1) is 15.9. The van der Waals surface area contributed by atoms with Crippen LogP contribution in [0.2, 0.25) is 0 Å². The molecule has 20 heavy (non-hydrogen) atoms. The SMILES string of the molecule is NNC(Cc1cc(Br)ccc1F)CC1CCCCCC1. The van der Waals surface area contributed by atoms with E-state index in [0.717, 1.165) is 22.4 Å². The fourth-order valence-corrected chi connectivity index (χ4v) is 3.59. The Morgan fingerprint density at radius 1 is 1.25 bits per heavy atom. The summed E-state index contributed by atoms with van der Waals surface area (Å²) in [4.78, 5) is 0. The van der Waals surface area contributed by atoms with Gasteiger partial charge in [-0.15, -0.1) is 0 Å². The molecule has 3 N–H and O–H groups in total. The standard InChI is InChI=1S/C16H24BrFN2/c17-14-7-8-16(18)13(10-14)11-15(20-19)9-12-5-3-1-2-4-6-12/h7-8,10,12,15,20H,1-6,9,11,19H2. The highest BCUT2D eigenvalue weighted by Gasteiger charge is 2.19. The average molecular weight is 343 g/mol. The van der Waals surface area contributed by atoms with Gasteiger partial charge in [-0.2, -0.15) is 0 Å². The number of hydrogen-bond donors (Lipinski definition) is 2. The summed E-state index contributed by atoms with van der Waals surface area (Å²) in [6.45, 7) is 0. The first-order valence-electron chi connectivity index (χ1n) is 7.59. The highest BCUT2D eigenvalue weighted by atomic mass is 79.9. The van der Waals surface area contributed by atoms with Crippen molar-refractivity contribution in [3.05, 3.63) is 34.1 Å². The molecule has 0 amide bonds. The van der Waals surface area contributed by atoms with Crippen LogP contribution in [0.3, 0.4) is 0 Å². The highest BCUT2D eigenvalue weighted by molar-refractivity contribution is 9.10. The van der Waals surface area contributed by atoms with Gasteiger partial charge in [0.05, 0.1) is 0 Å². The zero-order valence-electron chi connectivity index (χ0n) is 11.9. The molecule has 0 radical (unpaired) electrons. The largest absolute Gasteiger partial charge is 0.271 e. The summed E-state index contributed by atoms with van der Waals surface area (Å²) in [5, 5.41) is 0. The Morgan fingerprint density at radius 2 is 1.95 bits per heavy atom. The molecule has 0 heterocycles. The maximum Gasteiger partial charge on any atom is 0.126 e. The second-order valence-electron chi connectivity index (χ2n) is 5.90. The summed E-state index contributed by atoms with van der Waals surface area (Å²) in [6.07, 6.45) is 9.65. The fraction of sp³-hybridized carbons (Fsp3) is 0.625. The number of benzene rings is 1. The molecule has 0 aromatic heterocycles. The number of rotatable bonds is 5. The number of halogens is 2. The summed E-state index contributed by atoms with van der Waals surface area (Å²) < 4.78 is 14.7.